The third kappa shape index (κ3) is 5.69. The molecular formula is C22H35N3O2. The summed E-state index contributed by atoms with van der Waals surface area (Å²) in [5.41, 5.74) is 1.23. The molecule has 1 aliphatic heterocycles. The maximum Gasteiger partial charge on any atom is 0.234 e. The Balaban J connectivity index is 1.47. The van der Waals surface area contributed by atoms with Crippen molar-refractivity contribution in [1.29, 1.82) is 0 Å². The molecule has 0 unspecified atom stereocenters. The largest absolute Gasteiger partial charge is 0.490 e. The predicted octanol–water partition coefficient (Wildman–Crippen LogP) is 2.99. The molecule has 1 amide bonds. The van der Waals surface area contributed by atoms with Gasteiger partial charge in [-0.15, -0.1) is 0 Å². The van der Waals surface area contributed by atoms with Gasteiger partial charge in [0.1, 0.15) is 5.75 Å². The monoisotopic (exact) mass is 373 g/mol. The lowest BCUT2D eigenvalue weighted by molar-refractivity contribution is -0.120. The van der Waals surface area contributed by atoms with Crippen molar-refractivity contribution in [3.05, 3.63) is 29.8 Å². The summed E-state index contributed by atoms with van der Waals surface area (Å²) in [6.07, 6.45) is 6.16. The molecule has 1 heterocycles. The Morgan fingerprint density at radius 2 is 1.93 bits per heavy atom. The molecule has 1 aliphatic carbocycles. The van der Waals surface area contributed by atoms with Crippen molar-refractivity contribution in [2.24, 2.45) is 5.41 Å². The van der Waals surface area contributed by atoms with Crippen LogP contribution >= 0.6 is 0 Å². The number of hydrogen-bond acceptors (Lipinski definition) is 4. The molecule has 3 rings (SSSR count). The van der Waals surface area contributed by atoms with Gasteiger partial charge in [0.25, 0.3) is 0 Å². The summed E-state index contributed by atoms with van der Waals surface area (Å²) in [4.78, 5) is 12.4. The molecule has 27 heavy (non-hydrogen) atoms. The van der Waals surface area contributed by atoms with Crippen LogP contribution in [0.5, 0.6) is 5.75 Å². The molecule has 0 bridgehead atoms. The van der Waals surface area contributed by atoms with Gasteiger partial charge in [0.05, 0.1) is 12.6 Å². The number of nitrogens with one attached hydrogen (secondary N) is 3. The Morgan fingerprint density at radius 3 is 2.67 bits per heavy atom. The zero-order chi connectivity index (χ0) is 19.3. The highest BCUT2D eigenvalue weighted by Gasteiger charge is 2.35. The van der Waals surface area contributed by atoms with Crippen LogP contribution in [0.1, 0.15) is 58.4 Å². The van der Waals surface area contributed by atoms with Gasteiger partial charge in [-0.05, 0) is 50.1 Å². The second-order valence-corrected chi connectivity index (χ2v) is 8.98. The minimum Gasteiger partial charge on any atom is -0.490 e. The SMILES string of the molecule is CC(C)(C)[C@@H]1NCC[C@H]1NCC(=O)NCc1ccccc1OC1CCCC1. The number of carbonyl (C=O) groups excluding carboxylic acids is 1. The van der Waals surface area contributed by atoms with E-state index in [2.05, 4.69) is 36.7 Å². The van der Waals surface area contributed by atoms with Gasteiger partial charge in [0, 0.05) is 24.2 Å². The van der Waals surface area contributed by atoms with Crippen molar-refractivity contribution in [2.45, 2.75) is 77.6 Å². The highest BCUT2D eigenvalue weighted by Crippen LogP contribution is 2.27. The van der Waals surface area contributed by atoms with Crippen LogP contribution in [0.15, 0.2) is 24.3 Å². The summed E-state index contributed by atoms with van der Waals surface area (Å²) in [5.74, 6) is 0.940. The molecule has 2 aliphatic rings. The molecule has 0 aromatic heterocycles. The van der Waals surface area contributed by atoms with Crippen molar-refractivity contribution in [3.63, 3.8) is 0 Å². The van der Waals surface area contributed by atoms with Gasteiger partial charge >= 0.3 is 0 Å². The molecule has 5 heteroatoms. The molecular weight excluding hydrogens is 338 g/mol. The summed E-state index contributed by atoms with van der Waals surface area (Å²) >= 11 is 0. The third-order valence-corrected chi connectivity index (χ3v) is 5.72. The fraction of sp³-hybridized carbons (Fsp3) is 0.682. The van der Waals surface area contributed by atoms with E-state index in [1.807, 2.05) is 24.3 Å². The van der Waals surface area contributed by atoms with Crippen LogP contribution in [-0.2, 0) is 11.3 Å². The lowest BCUT2D eigenvalue weighted by Crippen LogP contribution is -2.50. The quantitative estimate of drug-likeness (QED) is 0.688. The van der Waals surface area contributed by atoms with E-state index in [0.717, 1.165) is 37.1 Å². The van der Waals surface area contributed by atoms with Crippen LogP contribution in [-0.4, -0.2) is 37.2 Å². The van der Waals surface area contributed by atoms with Crippen LogP contribution in [0, 0.1) is 5.41 Å². The second kappa shape index (κ2) is 9.07. The normalized spacial score (nSPS) is 23.5. The number of amides is 1. The summed E-state index contributed by atoms with van der Waals surface area (Å²) in [6, 6.07) is 8.78. The third-order valence-electron chi connectivity index (χ3n) is 5.72. The fourth-order valence-corrected chi connectivity index (χ4v) is 4.26. The van der Waals surface area contributed by atoms with Crippen molar-refractivity contribution in [2.75, 3.05) is 13.1 Å². The molecule has 150 valence electrons. The fourth-order valence-electron chi connectivity index (χ4n) is 4.26. The van der Waals surface area contributed by atoms with Crippen LogP contribution in [0.2, 0.25) is 0 Å². The molecule has 1 saturated carbocycles. The molecule has 5 nitrogen and oxygen atoms in total. The van der Waals surface area contributed by atoms with E-state index >= 15 is 0 Å². The Bertz CT molecular complexity index is 620. The summed E-state index contributed by atoms with van der Waals surface area (Å²) < 4.78 is 6.16. The molecule has 1 aromatic carbocycles. The highest BCUT2D eigenvalue weighted by atomic mass is 16.5. The molecule has 1 saturated heterocycles. The average molecular weight is 374 g/mol. The van der Waals surface area contributed by atoms with Gasteiger partial charge in [0.2, 0.25) is 5.91 Å². The van der Waals surface area contributed by atoms with Crippen molar-refractivity contribution in [3.8, 4) is 5.75 Å². The van der Waals surface area contributed by atoms with Crippen LogP contribution in [0.3, 0.4) is 0 Å². The Morgan fingerprint density at radius 1 is 1.19 bits per heavy atom. The number of para-hydroxylation sites is 1. The molecule has 2 atom stereocenters. The first-order chi connectivity index (χ1) is 12.9. The van der Waals surface area contributed by atoms with Gasteiger partial charge in [0.15, 0.2) is 0 Å². The lowest BCUT2D eigenvalue weighted by Gasteiger charge is -2.32. The van der Waals surface area contributed by atoms with E-state index in [0.29, 0.717) is 31.3 Å². The van der Waals surface area contributed by atoms with Gasteiger partial charge in [-0.1, -0.05) is 39.0 Å². The minimum absolute atomic E-state index is 0.0326. The van der Waals surface area contributed by atoms with Crippen molar-refractivity contribution >= 4 is 5.91 Å². The maximum absolute atomic E-state index is 12.4. The van der Waals surface area contributed by atoms with Gasteiger partial charge < -0.3 is 20.7 Å². The molecule has 0 radical (unpaired) electrons. The zero-order valence-corrected chi connectivity index (χ0v) is 17.0. The first-order valence-corrected chi connectivity index (χ1v) is 10.4. The standard InChI is InChI=1S/C22H35N3O2/c1-22(2,3)21-18(12-13-23-21)24-15-20(26)25-14-16-8-4-7-11-19(16)27-17-9-5-6-10-17/h4,7-8,11,17-18,21,23-24H,5-6,9-10,12-15H2,1-3H3,(H,25,26)/t18-,21-/m1/s1. The number of rotatable bonds is 7. The van der Waals surface area contributed by atoms with E-state index in [4.69, 9.17) is 4.74 Å². The summed E-state index contributed by atoms with van der Waals surface area (Å²) in [7, 11) is 0. The predicted molar refractivity (Wildman–Crippen MR) is 109 cm³/mol. The number of carbonyl (C=O) groups is 1. The Kier molecular flexibility index (Phi) is 6.77. The van der Waals surface area contributed by atoms with Crippen LogP contribution in [0.4, 0.5) is 0 Å². The zero-order valence-electron chi connectivity index (χ0n) is 17.0. The topological polar surface area (TPSA) is 62.4 Å². The van der Waals surface area contributed by atoms with Crippen LogP contribution in [0.25, 0.3) is 0 Å². The average Bonchev–Trinajstić information content (AvgIpc) is 3.30. The molecule has 0 spiro atoms. The number of hydrogen-bond donors (Lipinski definition) is 3. The van der Waals surface area contributed by atoms with Gasteiger partial charge in [-0.3, -0.25) is 4.79 Å². The summed E-state index contributed by atoms with van der Waals surface area (Å²) in [5, 5.41) is 10.0. The van der Waals surface area contributed by atoms with Gasteiger partial charge in [-0.2, -0.15) is 0 Å². The van der Waals surface area contributed by atoms with Gasteiger partial charge in [-0.25, -0.2) is 0 Å². The highest BCUT2D eigenvalue weighted by molar-refractivity contribution is 5.78. The van der Waals surface area contributed by atoms with E-state index < -0.39 is 0 Å². The Labute approximate surface area is 163 Å². The van der Waals surface area contributed by atoms with Crippen molar-refractivity contribution in [1.82, 2.24) is 16.0 Å². The first kappa shape index (κ1) is 20.2. The smallest absolute Gasteiger partial charge is 0.234 e. The number of ether oxygens (including phenoxy) is 1. The van der Waals surface area contributed by atoms with Crippen molar-refractivity contribution < 1.29 is 9.53 Å². The van der Waals surface area contributed by atoms with E-state index in [1.165, 1.54) is 12.8 Å². The molecule has 1 aromatic rings. The van der Waals surface area contributed by atoms with E-state index in [9.17, 15) is 4.79 Å². The number of benzene rings is 1. The maximum atomic E-state index is 12.4. The summed E-state index contributed by atoms with van der Waals surface area (Å²) in [6.45, 7) is 8.59. The molecule has 2 fully saturated rings. The van der Waals surface area contributed by atoms with E-state index in [1.54, 1.807) is 0 Å². The Hall–Kier alpha value is -1.59. The molecule has 3 N–H and O–H groups in total. The first-order valence-electron chi connectivity index (χ1n) is 10.4. The second-order valence-electron chi connectivity index (χ2n) is 8.98. The lowest BCUT2D eigenvalue weighted by atomic mass is 9.83. The van der Waals surface area contributed by atoms with E-state index in [-0.39, 0.29) is 11.3 Å². The van der Waals surface area contributed by atoms with Crippen LogP contribution < -0.4 is 20.7 Å². The minimum atomic E-state index is 0.0326.